The molecule has 0 bridgehead atoms. The van der Waals surface area contributed by atoms with Crippen molar-refractivity contribution in [2.45, 2.75) is 19.3 Å². The molecule has 0 saturated heterocycles. The summed E-state index contributed by atoms with van der Waals surface area (Å²) in [5.74, 6) is 1.13. The molecule has 7 heteroatoms. The van der Waals surface area contributed by atoms with Crippen molar-refractivity contribution in [3.63, 3.8) is 0 Å². The van der Waals surface area contributed by atoms with E-state index in [1.54, 1.807) is 14.2 Å². The largest absolute Gasteiger partial charge is 0.493 e. The topological polar surface area (TPSA) is 82.1 Å². The molecule has 0 heterocycles. The monoisotopic (exact) mass is 318 g/mol. The molecule has 6 nitrogen and oxygen atoms in total. The minimum atomic E-state index is -3.88. The smallest absolute Gasteiger partial charge is 0.264 e. The number of ether oxygens (including phenoxy) is 3. The molecule has 120 valence electrons. The van der Waals surface area contributed by atoms with Gasteiger partial charge in [-0.05, 0) is 37.0 Å². The lowest BCUT2D eigenvalue weighted by atomic mass is 10.1. The Morgan fingerprint density at radius 2 is 1.71 bits per heavy atom. The van der Waals surface area contributed by atoms with Crippen molar-refractivity contribution in [3.05, 3.63) is 23.8 Å². The van der Waals surface area contributed by atoms with Gasteiger partial charge in [0.05, 0.1) is 20.0 Å². The zero-order valence-electron chi connectivity index (χ0n) is 12.4. The van der Waals surface area contributed by atoms with Gasteiger partial charge in [0.2, 0.25) is 0 Å². The fourth-order valence-corrected chi connectivity index (χ4v) is 2.34. The number of benzene rings is 1. The Balaban J connectivity index is 2.24. The molecule has 1 aromatic rings. The molecule has 0 radical (unpaired) electrons. The van der Waals surface area contributed by atoms with E-state index in [1.165, 1.54) is 0 Å². The van der Waals surface area contributed by atoms with Gasteiger partial charge in [-0.1, -0.05) is 6.07 Å². The highest BCUT2D eigenvalue weighted by molar-refractivity contribution is 7.85. The summed E-state index contributed by atoms with van der Waals surface area (Å²) >= 11 is 0. The zero-order valence-corrected chi connectivity index (χ0v) is 13.2. The second-order valence-corrected chi connectivity index (χ2v) is 6.12. The third-order valence-electron chi connectivity index (χ3n) is 2.89. The highest BCUT2D eigenvalue weighted by Gasteiger charge is 2.05. The lowest BCUT2D eigenvalue weighted by molar-refractivity contribution is 0.132. The van der Waals surface area contributed by atoms with Crippen LogP contribution in [0, 0.1) is 0 Å². The van der Waals surface area contributed by atoms with Crippen molar-refractivity contribution in [3.8, 4) is 11.5 Å². The molecule has 1 aromatic carbocycles. The molecular formula is C14H22O6S. The average Bonchev–Trinajstić information content (AvgIpc) is 2.44. The van der Waals surface area contributed by atoms with Crippen LogP contribution in [0.2, 0.25) is 0 Å². The van der Waals surface area contributed by atoms with Gasteiger partial charge in [0.1, 0.15) is 0 Å². The van der Waals surface area contributed by atoms with Crippen molar-refractivity contribution in [2.75, 3.05) is 33.2 Å². The van der Waals surface area contributed by atoms with E-state index in [-0.39, 0.29) is 5.75 Å². The minimum Gasteiger partial charge on any atom is -0.493 e. The Labute approximate surface area is 125 Å². The molecule has 0 aromatic heterocycles. The summed E-state index contributed by atoms with van der Waals surface area (Å²) in [6.07, 6.45) is 1.95. The van der Waals surface area contributed by atoms with E-state index in [0.29, 0.717) is 31.1 Å². The van der Waals surface area contributed by atoms with E-state index in [0.717, 1.165) is 18.4 Å². The van der Waals surface area contributed by atoms with Crippen LogP contribution in [0.3, 0.4) is 0 Å². The van der Waals surface area contributed by atoms with Crippen molar-refractivity contribution in [2.24, 2.45) is 0 Å². The van der Waals surface area contributed by atoms with E-state index in [9.17, 15) is 8.42 Å². The molecule has 1 rings (SSSR count). The summed E-state index contributed by atoms with van der Waals surface area (Å²) in [7, 11) is -0.688. The van der Waals surface area contributed by atoms with Gasteiger partial charge in [0.15, 0.2) is 11.5 Å². The van der Waals surface area contributed by atoms with E-state index in [4.69, 9.17) is 18.8 Å². The molecule has 0 aliphatic heterocycles. The summed E-state index contributed by atoms with van der Waals surface area (Å²) < 4.78 is 45.3. The molecule has 0 aliphatic rings. The molecular weight excluding hydrogens is 296 g/mol. The van der Waals surface area contributed by atoms with Crippen molar-refractivity contribution < 1.29 is 27.2 Å². The van der Waals surface area contributed by atoms with Crippen molar-refractivity contribution in [1.29, 1.82) is 0 Å². The predicted molar refractivity (Wildman–Crippen MR) is 79.7 cm³/mol. The van der Waals surface area contributed by atoms with Crippen LogP contribution in [0.1, 0.15) is 18.4 Å². The molecule has 0 amide bonds. The Morgan fingerprint density at radius 1 is 1.05 bits per heavy atom. The van der Waals surface area contributed by atoms with Gasteiger partial charge in [-0.2, -0.15) is 8.42 Å². The highest BCUT2D eigenvalue weighted by atomic mass is 32.2. The van der Waals surface area contributed by atoms with Gasteiger partial charge in [-0.15, -0.1) is 0 Å². The van der Waals surface area contributed by atoms with Crippen LogP contribution in [0.5, 0.6) is 11.5 Å². The zero-order chi connectivity index (χ0) is 15.7. The first kappa shape index (κ1) is 17.7. The predicted octanol–water partition coefficient (Wildman–Crippen LogP) is 1.93. The molecule has 0 spiro atoms. The minimum absolute atomic E-state index is 0.261. The molecule has 0 unspecified atom stereocenters. The fraction of sp³-hybridized carbons (Fsp3) is 0.571. The normalized spacial score (nSPS) is 11.4. The average molecular weight is 318 g/mol. The van der Waals surface area contributed by atoms with E-state index in [2.05, 4.69) is 0 Å². The van der Waals surface area contributed by atoms with E-state index >= 15 is 0 Å². The third kappa shape index (κ3) is 7.31. The summed E-state index contributed by atoms with van der Waals surface area (Å²) in [6, 6.07) is 5.76. The number of hydrogen-bond acceptors (Lipinski definition) is 5. The van der Waals surface area contributed by atoms with Crippen LogP contribution in [-0.4, -0.2) is 46.2 Å². The maximum Gasteiger partial charge on any atom is 0.264 e. The fourth-order valence-electron chi connectivity index (χ4n) is 1.86. The highest BCUT2D eigenvalue weighted by Crippen LogP contribution is 2.27. The van der Waals surface area contributed by atoms with Crippen LogP contribution in [0.4, 0.5) is 0 Å². The Kier molecular flexibility index (Phi) is 7.49. The van der Waals surface area contributed by atoms with Crippen molar-refractivity contribution >= 4 is 10.1 Å². The van der Waals surface area contributed by atoms with Crippen LogP contribution in [0.25, 0.3) is 0 Å². The Morgan fingerprint density at radius 3 is 2.33 bits per heavy atom. The van der Waals surface area contributed by atoms with Crippen LogP contribution in [0.15, 0.2) is 18.2 Å². The number of rotatable bonds is 10. The standard InChI is InChI=1S/C14H22O6S/c1-18-13-7-6-12(11-14(13)19-2)5-3-8-20-9-4-10-21(15,16)17/h6-7,11H,3-5,8-10H2,1-2H3,(H,15,16,17). The molecule has 1 N–H and O–H groups in total. The van der Waals surface area contributed by atoms with Gasteiger partial charge < -0.3 is 14.2 Å². The number of aryl methyl sites for hydroxylation is 1. The van der Waals surface area contributed by atoms with Crippen LogP contribution < -0.4 is 9.47 Å². The summed E-state index contributed by atoms with van der Waals surface area (Å²) in [5, 5.41) is 0. The van der Waals surface area contributed by atoms with Gasteiger partial charge in [0, 0.05) is 13.2 Å². The lowest BCUT2D eigenvalue weighted by Gasteiger charge is -2.09. The number of hydrogen-bond donors (Lipinski definition) is 1. The van der Waals surface area contributed by atoms with Gasteiger partial charge >= 0.3 is 0 Å². The summed E-state index contributed by atoms with van der Waals surface area (Å²) in [5.41, 5.74) is 1.12. The van der Waals surface area contributed by atoms with E-state index < -0.39 is 10.1 Å². The molecule has 0 aliphatic carbocycles. The van der Waals surface area contributed by atoms with Gasteiger partial charge in [0.25, 0.3) is 10.1 Å². The molecule has 0 atom stereocenters. The second kappa shape index (κ2) is 8.86. The first-order valence-corrected chi connectivity index (χ1v) is 8.31. The van der Waals surface area contributed by atoms with E-state index in [1.807, 2.05) is 18.2 Å². The summed E-state index contributed by atoms with van der Waals surface area (Å²) in [6.45, 7) is 0.867. The van der Waals surface area contributed by atoms with Crippen molar-refractivity contribution in [1.82, 2.24) is 0 Å². The second-order valence-electron chi connectivity index (χ2n) is 4.54. The Hall–Kier alpha value is -1.31. The quantitative estimate of drug-likeness (QED) is 0.524. The molecule has 0 fully saturated rings. The molecule has 0 saturated carbocycles. The SMILES string of the molecule is COc1ccc(CCCOCCCS(=O)(=O)O)cc1OC. The van der Waals surface area contributed by atoms with Gasteiger partial charge in [-0.3, -0.25) is 4.55 Å². The first-order valence-electron chi connectivity index (χ1n) is 6.70. The molecule has 21 heavy (non-hydrogen) atoms. The number of methoxy groups -OCH3 is 2. The van der Waals surface area contributed by atoms with Crippen LogP contribution >= 0.6 is 0 Å². The first-order chi connectivity index (χ1) is 9.96. The maximum absolute atomic E-state index is 10.5. The van der Waals surface area contributed by atoms with Crippen LogP contribution in [-0.2, 0) is 21.3 Å². The summed E-state index contributed by atoms with van der Waals surface area (Å²) in [4.78, 5) is 0. The Bertz CT molecular complexity index is 526. The lowest BCUT2D eigenvalue weighted by Crippen LogP contribution is -2.07. The third-order valence-corrected chi connectivity index (χ3v) is 3.70. The maximum atomic E-state index is 10.5. The van der Waals surface area contributed by atoms with Gasteiger partial charge in [-0.25, -0.2) is 0 Å².